The normalized spacial score (nSPS) is 14.0. The minimum atomic E-state index is -0.280. The number of nitriles is 1. The predicted octanol–water partition coefficient (Wildman–Crippen LogP) is 6.72. The summed E-state index contributed by atoms with van der Waals surface area (Å²) in [5, 5.41) is 13.7. The Morgan fingerprint density at radius 3 is 2.45 bits per heavy atom. The van der Waals surface area contributed by atoms with Gasteiger partial charge in [-0.05, 0) is 81.3 Å². The Labute approximate surface area is 196 Å². The first-order valence-corrected chi connectivity index (χ1v) is 11.8. The van der Waals surface area contributed by atoms with Crippen LogP contribution < -0.4 is 4.90 Å². The van der Waals surface area contributed by atoms with Crippen LogP contribution in [-0.4, -0.2) is 18.0 Å². The molecule has 1 heterocycles. The van der Waals surface area contributed by atoms with Crippen LogP contribution in [-0.2, 0) is 10.2 Å². The van der Waals surface area contributed by atoms with E-state index in [4.69, 9.17) is 4.52 Å². The van der Waals surface area contributed by atoms with Crippen molar-refractivity contribution >= 4 is 17.7 Å². The number of rotatable bonds is 10. The van der Waals surface area contributed by atoms with E-state index in [-0.39, 0.29) is 5.41 Å². The molecule has 0 N–H and O–H groups in total. The van der Waals surface area contributed by atoms with Gasteiger partial charge in [-0.25, -0.2) is 0 Å². The van der Waals surface area contributed by atoms with Crippen molar-refractivity contribution in [3.8, 4) is 17.2 Å². The zero-order chi connectivity index (χ0) is 23.4. The lowest BCUT2D eigenvalue weighted by atomic mass is 9.97. The van der Waals surface area contributed by atoms with E-state index >= 15 is 0 Å². The van der Waals surface area contributed by atoms with E-state index in [9.17, 15) is 10.1 Å². The van der Waals surface area contributed by atoms with Gasteiger partial charge in [-0.3, -0.25) is 0 Å². The number of aryl methyl sites for hydroxylation is 3. The largest absolute Gasteiger partial charge is 0.361 e. The molecule has 4 rings (SSSR count). The van der Waals surface area contributed by atoms with Gasteiger partial charge in [0.2, 0.25) is 0 Å². The third kappa shape index (κ3) is 4.71. The van der Waals surface area contributed by atoms with E-state index in [0.717, 1.165) is 84.5 Å². The second-order valence-corrected chi connectivity index (χ2v) is 9.11. The second kappa shape index (κ2) is 9.62. The maximum Gasteiger partial charge on any atom is 0.141 e. The summed E-state index contributed by atoms with van der Waals surface area (Å²) in [6.07, 6.45) is 6.42. The smallest absolute Gasteiger partial charge is 0.141 e. The summed E-state index contributed by atoms with van der Waals surface area (Å²) in [7, 11) is 0. The minimum absolute atomic E-state index is 0.280. The molecule has 1 fully saturated rings. The summed E-state index contributed by atoms with van der Waals surface area (Å²) >= 11 is 0. The first-order valence-electron chi connectivity index (χ1n) is 11.8. The molecular weight excluding hydrogens is 410 g/mol. The van der Waals surface area contributed by atoms with Crippen molar-refractivity contribution in [2.45, 2.75) is 64.7 Å². The Bertz CT molecular complexity index is 1150. The first kappa shape index (κ1) is 22.8. The maximum absolute atomic E-state index is 10.7. The fourth-order valence-corrected chi connectivity index (χ4v) is 4.56. The van der Waals surface area contributed by atoms with Crippen molar-refractivity contribution < 1.29 is 9.32 Å². The maximum atomic E-state index is 10.7. The molecule has 0 unspecified atom stereocenters. The topological polar surface area (TPSA) is 70.1 Å². The van der Waals surface area contributed by atoms with Gasteiger partial charge in [0.05, 0.1) is 17.2 Å². The summed E-state index contributed by atoms with van der Waals surface area (Å²) in [5.41, 5.74) is 7.31. The molecule has 0 spiro atoms. The number of benzene rings is 2. The molecule has 1 saturated carbocycles. The van der Waals surface area contributed by atoms with Crippen LogP contribution in [0.3, 0.4) is 0 Å². The Hall–Kier alpha value is -3.39. The summed E-state index contributed by atoms with van der Waals surface area (Å²) < 4.78 is 5.41. The quantitative estimate of drug-likeness (QED) is 0.258. The lowest BCUT2D eigenvalue weighted by Crippen LogP contribution is -2.20. The predicted molar refractivity (Wildman–Crippen MR) is 131 cm³/mol. The summed E-state index contributed by atoms with van der Waals surface area (Å²) in [6.45, 7) is 6.90. The lowest BCUT2D eigenvalue weighted by Gasteiger charge is -2.28. The second-order valence-electron chi connectivity index (χ2n) is 9.11. The highest BCUT2D eigenvalue weighted by Crippen LogP contribution is 2.48. The molecule has 170 valence electrons. The standard InChI is InChI=1S/C28H31N3O2/c1-20-8-9-23(27-21(2)30-33-22(27)3)18-26(20)31(16-6-4-5-7-17-32)25-12-10-24(11-13-25)28(19-29)14-15-28/h8-13,17-18H,4-7,14-16H2,1-3H3. The average Bonchev–Trinajstić information content (AvgIpc) is 3.56. The van der Waals surface area contributed by atoms with E-state index in [1.54, 1.807) is 0 Å². The molecule has 1 aliphatic carbocycles. The van der Waals surface area contributed by atoms with Gasteiger partial charge in [0, 0.05) is 29.9 Å². The van der Waals surface area contributed by atoms with Crippen LogP contribution in [0.4, 0.5) is 11.4 Å². The monoisotopic (exact) mass is 441 g/mol. The molecule has 33 heavy (non-hydrogen) atoms. The number of hydrogen-bond donors (Lipinski definition) is 0. The number of anilines is 2. The Morgan fingerprint density at radius 2 is 1.85 bits per heavy atom. The van der Waals surface area contributed by atoms with Crippen molar-refractivity contribution in [2.75, 3.05) is 11.4 Å². The van der Waals surface area contributed by atoms with Gasteiger partial charge in [0.25, 0.3) is 0 Å². The first-order chi connectivity index (χ1) is 16.0. The minimum Gasteiger partial charge on any atom is -0.361 e. The van der Waals surface area contributed by atoms with Crippen LogP contribution in [0.25, 0.3) is 11.1 Å². The van der Waals surface area contributed by atoms with E-state index in [1.165, 1.54) is 5.56 Å². The molecule has 0 atom stereocenters. The van der Waals surface area contributed by atoms with Crippen LogP contribution in [0.15, 0.2) is 47.0 Å². The van der Waals surface area contributed by atoms with E-state index < -0.39 is 0 Å². The Balaban J connectivity index is 1.68. The number of carbonyl (C=O) groups excluding carboxylic acids is 1. The van der Waals surface area contributed by atoms with Gasteiger partial charge in [-0.2, -0.15) is 5.26 Å². The van der Waals surface area contributed by atoms with Gasteiger partial charge in [0.15, 0.2) is 0 Å². The van der Waals surface area contributed by atoms with E-state index in [1.807, 2.05) is 13.8 Å². The summed E-state index contributed by atoms with van der Waals surface area (Å²) in [5.74, 6) is 0.818. The third-order valence-electron chi connectivity index (χ3n) is 6.72. The Kier molecular flexibility index (Phi) is 6.65. The molecule has 3 aromatic rings. The highest BCUT2D eigenvalue weighted by Gasteiger charge is 2.44. The van der Waals surface area contributed by atoms with Crippen molar-refractivity contribution in [3.05, 3.63) is 65.0 Å². The van der Waals surface area contributed by atoms with Gasteiger partial charge < -0.3 is 14.2 Å². The molecule has 0 aliphatic heterocycles. The molecule has 1 aromatic heterocycles. The fourth-order valence-electron chi connectivity index (χ4n) is 4.56. The van der Waals surface area contributed by atoms with E-state index in [0.29, 0.717) is 6.42 Å². The number of unbranched alkanes of at least 4 members (excludes halogenated alkanes) is 3. The number of hydrogen-bond acceptors (Lipinski definition) is 5. The van der Waals surface area contributed by atoms with E-state index in [2.05, 4.69) is 65.5 Å². The molecule has 0 amide bonds. The number of aromatic nitrogens is 1. The third-order valence-corrected chi connectivity index (χ3v) is 6.72. The summed E-state index contributed by atoms with van der Waals surface area (Å²) in [6, 6.07) is 17.5. The summed E-state index contributed by atoms with van der Waals surface area (Å²) in [4.78, 5) is 13.0. The molecule has 0 radical (unpaired) electrons. The van der Waals surface area contributed by atoms with Crippen LogP contribution in [0.5, 0.6) is 0 Å². The highest BCUT2D eigenvalue weighted by molar-refractivity contribution is 5.76. The molecule has 5 nitrogen and oxygen atoms in total. The molecule has 2 aromatic carbocycles. The van der Waals surface area contributed by atoms with Gasteiger partial charge in [0.1, 0.15) is 12.0 Å². The SMILES string of the molecule is Cc1ccc(-c2c(C)noc2C)cc1N(CCCCCC=O)c1ccc(C2(C#N)CC2)cc1. The van der Waals surface area contributed by atoms with Crippen molar-refractivity contribution in [1.82, 2.24) is 5.16 Å². The molecule has 5 heteroatoms. The van der Waals surface area contributed by atoms with Crippen molar-refractivity contribution in [3.63, 3.8) is 0 Å². The lowest BCUT2D eigenvalue weighted by molar-refractivity contribution is -0.107. The van der Waals surface area contributed by atoms with Crippen LogP contribution in [0, 0.1) is 32.1 Å². The highest BCUT2D eigenvalue weighted by atomic mass is 16.5. The van der Waals surface area contributed by atoms with Gasteiger partial charge >= 0.3 is 0 Å². The zero-order valence-electron chi connectivity index (χ0n) is 19.7. The molecule has 0 bridgehead atoms. The Morgan fingerprint density at radius 1 is 1.09 bits per heavy atom. The zero-order valence-corrected chi connectivity index (χ0v) is 19.7. The van der Waals surface area contributed by atoms with Crippen molar-refractivity contribution in [2.24, 2.45) is 0 Å². The number of nitrogens with zero attached hydrogens (tertiary/aromatic N) is 3. The van der Waals surface area contributed by atoms with Crippen molar-refractivity contribution in [1.29, 1.82) is 5.26 Å². The van der Waals surface area contributed by atoms with Crippen LogP contribution >= 0.6 is 0 Å². The number of aldehydes is 1. The van der Waals surface area contributed by atoms with Crippen LogP contribution in [0.1, 0.15) is 61.1 Å². The molecule has 1 aliphatic rings. The number of carbonyl (C=O) groups is 1. The van der Waals surface area contributed by atoms with Crippen LogP contribution in [0.2, 0.25) is 0 Å². The fraction of sp³-hybridized carbons (Fsp3) is 0.393. The van der Waals surface area contributed by atoms with Gasteiger partial charge in [-0.15, -0.1) is 0 Å². The van der Waals surface area contributed by atoms with Gasteiger partial charge in [-0.1, -0.05) is 35.8 Å². The molecule has 0 saturated heterocycles. The molecular formula is C28H31N3O2. The average molecular weight is 442 g/mol.